The zero-order valence-corrected chi connectivity index (χ0v) is 18.2. The Hall–Kier alpha value is -3.10. The van der Waals surface area contributed by atoms with E-state index >= 15 is 0 Å². The molecule has 0 aromatic heterocycles. The normalized spacial score (nSPS) is 21.3. The minimum absolute atomic E-state index is 0.0281. The average molecular weight is 429 g/mol. The molecule has 2 aromatic carbocycles. The Morgan fingerprint density at radius 1 is 1.06 bits per heavy atom. The number of benzene rings is 2. The number of nitriles is 1. The second-order valence-corrected chi connectivity index (χ2v) is 8.86. The molecular formula is C27H28N2O3. The van der Waals surface area contributed by atoms with Crippen LogP contribution in [0.1, 0.15) is 49.1 Å². The number of hydrogen-bond donors (Lipinski definition) is 0. The highest BCUT2D eigenvalue weighted by Gasteiger charge is 2.39. The topological polar surface area (TPSA) is 62.6 Å². The molecule has 1 saturated heterocycles. The van der Waals surface area contributed by atoms with E-state index in [4.69, 9.17) is 14.7 Å². The summed E-state index contributed by atoms with van der Waals surface area (Å²) in [6.45, 7) is 1.41. The quantitative estimate of drug-likeness (QED) is 0.455. The van der Waals surface area contributed by atoms with Crippen LogP contribution in [0.2, 0.25) is 0 Å². The molecular weight excluding hydrogens is 400 g/mol. The van der Waals surface area contributed by atoms with Crippen LogP contribution >= 0.6 is 0 Å². The largest absolute Gasteiger partial charge is 0.448 e. The molecule has 0 N–H and O–H groups in total. The van der Waals surface area contributed by atoms with Gasteiger partial charge in [-0.1, -0.05) is 60.2 Å². The van der Waals surface area contributed by atoms with Crippen LogP contribution < -0.4 is 0 Å². The number of nitrogens with zero attached hydrogens (tertiary/aromatic N) is 2. The van der Waals surface area contributed by atoms with Crippen molar-refractivity contribution in [2.75, 3.05) is 19.8 Å². The maximum absolute atomic E-state index is 13.2. The van der Waals surface area contributed by atoms with E-state index in [9.17, 15) is 4.79 Å². The number of unbranched alkanes of at least 4 members (excludes halogenated alkanes) is 2. The molecule has 1 amide bonds. The van der Waals surface area contributed by atoms with Crippen molar-refractivity contribution in [1.29, 1.82) is 5.26 Å². The van der Waals surface area contributed by atoms with Crippen molar-refractivity contribution in [3.05, 3.63) is 71.3 Å². The zero-order valence-electron chi connectivity index (χ0n) is 18.2. The zero-order chi connectivity index (χ0) is 21.9. The van der Waals surface area contributed by atoms with Gasteiger partial charge in [0.15, 0.2) is 0 Å². The monoisotopic (exact) mass is 428 g/mol. The first kappa shape index (κ1) is 20.8. The molecule has 0 radical (unpaired) electrons. The highest BCUT2D eigenvalue weighted by Crippen LogP contribution is 2.44. The van der Waals surface area contributed by atoms with Crippen LogP contribution in [-0.4, -0.2) is 42.9 Å². The van der Waals surface area contributed by atoms with Gasteiger partial charge in [0, 0.05) is 12.3 Å². The van der Waals surface area contributed by atoms with Crippen LogP contribution in [0.4, 0.5) is 4.79 Å². The molecule has 2 bridgehead atoms. The number of ether oxygens (including phenoxy) is 2. The van der Waals surface area contributed by atoms with Crippen molar-refractivity contribution < 1.29 is 14.3 Å². The third-order valence-corrected chi connectivity index (χ3v) is 6.86. The van der Waals surface area contributed by atoms with E-state index in [0.29, 0.717) is 26.2 Å². The van der Waals surface area contributed by atoms with E-state index in [1.54, 1.807) is 0 Å². The van der Waals surface area contributed by atoms with Crippen LogP contribution in [0.5, 0.6) is 0 Å². The highest BCUT2D eigenvalue weighted by atomic mass is 16.6. The van der Waals surface area contributed by atoms with Gasteiger partial charge in [0.25, 0.3) is 0 Å². The number of morpholine rings is 1. The lowest BCUT2D eigenvalue weighted by molar-refractivity contribution is -0.0365. The van der Waals surface area contributed by atoms with Gasteiger partial charge in [0.05, 0.1) is 31.4 Å². The second-order valence-electron chi connectivity index (χ2n) is 8.86. The molecule has 3 aliphatic rings. The van der Waals surface area contributed by atoms with Crippen LogP contribution in [0.15, 0.2) is 60.2 Å². The molecule has 0 saturated carbocycles. The first-order chi connectivity index (χ1) is 15.8. The summed E-state index contributed by atoms with van der Waals surface area (Å²) >= 11 is 0. The molecule has 5 nitrogen and oxygen atoms in total. The van der Waals surface area contributed by atoms with Crippen molar-refractivity contribution in [2.24, 2.45) is 0 Å². The Balaban J connectivity index is 1.27. The van der Waals surface area contributed by atoms with Crippen LogP contribution in [0.25, 0.3) is 11.1 Å². The standard InChI is InChI=1S/C27H28N2O3/c28-13-7-1-2-8-19-14-20-16-31-17-21(15-19)29(20)27(30)32-18-26-24-11-5-3-9-22(24)23-10-4-6-12-25(23)26/h3-6,9-12,14,20-21,26H,1-2,7-8,15-18H2. The van der Waals surface area contributed by atoms with E-state index in [2.05, 4.69) is 60.7 Å². The lowest BCUT2D eigenvalue weighted by Gasteiger charge is -2.44. The lowest BCUT2D eigenvalue weighted by Crippen LogP contribution is -2.56. The average Bonchev–Trinajstić information content (AvgIpc) is 3.13. The predicted molar refractivity (Wildman–Crippen MR) is 122 cm³/mol. The van der Waals surface area contributed by atoms with Crippen molar-refractivity contribution in [3.8, 4) is 17.2 Å². The van der Waals surface area contributed by atoms with Gasteiger partial charge in [0.2, 0.25) is 0 Å². The third kappa shape index (κ3) is 3.91. The van der Waals surface area contributed by atoms with E-state index in [1.165, 1.54) is 27.8 Å². The number of amides is 1. The SMILES string of the molecule is N#CCCCCC1=CC2COCC(C1)N2C(=O)OCC1c2ccccc2-c2ccccc21. The smallest absolute Gasteiger partial charge is 0.410 e. The molecule has 2 heterocycles. The Bertz CT molecular complexity index is 1030. The van der Waals surface area contributed by atoms with Crippen molar-refractivity contribution in [1.82, 2.24) is 4.90 Å². The summed E-state index contributed by atoms with van der Waals surface area (Å²) in [6, 6.07) is 19.0. The minimum Gasteiger partial charge on any atom is -0.448 e. The molecule has 164 valence electrons. The number of rotatable bonds is 6. The van der Waals surface area contributed by atoms with Crippen LogP contribution in [-0.2, 0) is 9.47 Å². The highest BCUT2D eigenvalue weighted by molar-refractivity contribution is 5.79. The summed E-state index contributed by atoms with van der Waals surface area (Å²) in [5.41, 5.74) is 6.29. The molecule has 2 aromatic rings. The Labute approximate surface area is 189 Å². The lowest BCUT2D eigenvalue weighted by atomic mass is 9.91. The molecule has 2 aliphatic heterocycles. The third-order valence-electron chi connectivity index (χ3n) is 6.86. The van der Waals surface area contributed by atoms with E-state index in [-0.39, 0.29) is 24.1 Å². The van der Waals surface area contributed by atoms with Gasteiger partial charge >= 0.3 is 6.09 Å². The maximum Gasteiger partial charge on any atom is 0.410 e. The number of carbonyl (C=O) groups excluding carboxylic acids is 1. The number of hydrogen-bond acceptors (Lipinski definition) is 4. The van der Waals surface area contributed by atoms with Gasteiger partial charge in [-0.15, -0.1) is 0 Å². The molecule has 1 fully saturated rings. The molecule has 0 spiro atoms. The van der Waals surface area contributed by atoms with Crippen molar-refractivity contribution in [2.45, 2.75) is 50.1 Å². The molecule has 32 heavy (non-hydrogen) atoms. The van der Waals surface area contributed by atoms with E-state index in [0.717, 1.165) is 25.7 Å². The minimum atomic E-state index is -0.245. The summed E-state index contributed by atoms with van der Waals surface area (Å²) in [5.74, 6) is 0.0680. The summed E-state index contributed by atoms with van der Waals surface area (Å²) in [5, 5.41) is 8.73. The molecule has 5 heteroatoms. The van der Waals surface area contributed by atoms with Crippen molar-refractivity contribution in [3.63, 3.8) is 0 Å². The van der Waals surface area contributed by atoms with Gasteiger partial charge in [-0.2, -0.15) is 5.26 Å². The van der Waals surface area contributed by atoms with Gasteiger partial charge < -0.3 is 9.47 Å². The first-order valence-electron chi connectivity index (χ1n) is 11.5. The van der Waals surface area contributed by atoms with Crippen LogP contribution in [0, 0.1) is 11.3 Å². The Kier molecular flexibility index (Phi) is 5.96. The fourth-order valence-electron chi connectivity index (χ4n) is 5.38. The molecule has 1 aliphatic carbocycles. The fourth-order valence-corrected chi connectivity index (χ4v) is 5.38. The van der Waals surface area contributed by atoms with Gasteiger partial charge in [-0.05, 0) is 47.9 Å². The van der Waals surface area contributed by atoms with Crippen LogP contribution in [0.3, 0.4) is 0 Å². The maximum atomic E-state index is 13.2. The van der Waals surface area contributed by atoms with Gasteiger partial charge in [0.1, 0.15) is 6.61 Å². The van der Waals surface area contributed by atoms with Gasteiger partial charge in [-0.25, -0.2) is 4.79 Å². The Morgan fingerprint density at radius 3 is 2.47 bits per heavy atom. The molecule has 5 rings (SSSR count). The summed E-state index contributed by atoms with van der Waals surface area (Å²) in [4.78, 5) is 15.1. The van der Waals surface area contributed by atoms with Gasteiger partial charge in [-0.3, -0.25) is 4.90 Å². The van der Waals surface area contributed by atoms with Crippen molar-refractivity contribution >= 4 is 6.09 Å². The Morgan fingerprint density at radius 2 is 1.78 bits per heavy atom. The summed E-state index contributed by atoms with van der Waals surface area (Å²) in [7, 11) is 0. The summed E-state index contributed by atoms with van der Waals surface area (Å²) in [6.07, 6.45) is 6.31. The first-order valence-corrected chi connectivity index (χ1v) is 11.5. The molecule has 2 unspecified atom stereocenters. The fraction of sp³-hybridized carbons (Fsp3) is 0.407. The summed E-state index contributed by atoms with van der Waals surface area (Å²) < 4.78 is 11.7. The second kappa shape index (κ2) is 9.18. The number of fused-ring (bicyclic) bond motifs is 5. The van der Waals surface area contributed by atoms with E-state index in [1.807, 2.05) is 4.90 Å². The number of carbonyl (C=O) groups is 1. The predicted octanol–water partition coefficient (Wildman–Crippen LogP) is 5.42. The van der Waals surface area contributed by atoms with E-state index < -0.39 is 0 Å². The molecule has 2 atom stereocenters.